The van der Waals surface area contributed by atoms with E-state index in [0.717, 1.165) is 18.4 Å². The fourth-order valence-corrected chi connectivity index (χ4v) is 5.11. The molecule has 5 rings (SSSR count). The van der Waals surface area contributed by atoms with E-state index in [1.165, 1.54) is 0 Å². The van der Waals surface area contributed by atoms with Crippen LogP contribution in [0, 0.1) is 5.41 Å². The number of benzene rings is 3. The average Bonchev–Trinajstić information content (AvgIpc) is 3.90. The number of alkyl halides is 3. The van der Waals surface area contributed by atoms with Gasteiger partial charge in [0.1, 0.15) is 5.75 Å². The zero-order valence-electron chi connectivity index (χ0n) is 29.1. The van der Waals surface area contributed by atoms with E-state index in [1.807, 2.05) is 32.9 Å². The molecule has 53 heavy (non-hydrogen) atoms. The number of ether oxygens (including phenoxy) is 2. The van der Waals surface area contributed by atoms with Crippen LogP contribution in [0.1, 0.15) is 49.5 Å². The molecule has 0 spiro atoms. The van der Waals surface area contributed by atoms with Gasteiger partial charge in [-0.2, -0.15) is 28.1 Å². The summed E-state index contributed by atoms with van der Waals surface area (Å²) in [6.07, 6.45) is -3.14. The number of amides is 3. The molecule has 0 atom stereocenters. The third-order valence-electron chi connectivity index (χ3n) is 7.97. The Morgan fingerprint density at radius 2 is 1.42 bits per heavy atom. The molecule has 0 aliphatic heterocycles. The highest BCUT2D eigenvalue weighted by Gasteiger charge is 2.45. The Balaban J connectivity index is 1.15. The van der Waals surface area contributed by atoms with E-state index in [0.29, 0.717) is 34.3 Å². The number of rotatable bonds is 15. The van der Waals surface area contributed by atoms with Crippen molar-refractivity contribution >= 4 is 52.6 Å². The van der Waals surface area contributed by atoms with E-state index in [2.05, 4.69) is 41.5 Å². The first-order valence-corrected chi connectivity index (χ1v) is 17.0. The summed E-state index contributed by atoms with van der Waals surface area (Å²) in [7, 11) is 0. The molecule has 3 amide bonds. The van der Waals surface area contributed by atoms with Crippen molar-refractivity contribution in [3.63, 3.8) is 0 Å². The lowest BCUT2D eigenvalue weighted by molar-refractivity contribution is -0.154. The highest BCUT2D eigenvalue weighted by atomic mass is 35.5. The molecule has 0 unspecified atom stereocenters. The molecule has 0 bridgehead atoms. The second-order valence-electron chi connectivity index (χ2n) is 13.0. The Hall–Kier alpha value is -5.64. The zero-order chi connectivity index (χ0) is 38.2. The molecule has 1 saturated carbocycles. The van der Waals surface area contributed by atoms with Crippen LogP contribution in [0.2, 0.25) is 5.02 Å². The summed E-state index contributed by atoms with van der Waals surface area (Å²) in [5.74, 6) is -1.48. The maximum atomic E-state index is 12.9. The predicted molar refractivity (Wildman–Crippen MR) is 192 cm³/mol. The fourth-order valence-electron chi connectivity index (χ4n) is 4.98. The smallest absolute Gasteiger partial charge is 0.422 e. The second-order valence-corrected chi connectivity index (χ2v) is 13.5. The number of carbonyl (C=O) groups excluding carboxylic acids is 3. The van der Waals surface area contributed by atoms with Crippen molar-refractivity contribution in [2.75, 3.05) is 42.3 Å². The van der Waals surface area contributed by atoms with Gasteiger partial charge in [-0.1, -0.05) is 37.6 Å². The first-order chi connectivity index (χ1) is 25.1. The van der Waals surface area contributed by atoms with Gasteiger partial charge in [-0.15, -0.1) is 0 Å². The summed E-state index contributed by atoms with van der Waals surface area (Å²) >= 11 is 6.03. The van der Waals surface area contributed by atoms with Gasteiger partial charge in [0.25, 0.3) is 5.91 Å². The number of hydrogen-bond acceptors (Lipinski definition) is 10. The van der Waals surface area contributed by atoms with Gasteiger partial charge >= 0.3 is 24.0 Å². The molecule has 3 aromatic carbocycles. The van der Waals surface area contributed by atoms with Crippen LogP contribution in [-0.4, -0.2) is 65.2 Å². The first kappa shape index (κ1) is 38.6. The summed E-state index contributed by atoms with van der Waals surface area (Å²) < 4.78 is 49.0. The molecule has 13 nitrogen and oxygen atoms in total. The second kappa shape index (κ2) is 16.4. The number of carbonyl (C=O) groups is 3. The lowest BCUT2D eigenvalue weighted by atomic mass is 9.93. The standard InChI is InChI=1S/C36H38ClF3N8O5/c1-4-52-27-15-13-25(14-16-27)43-30(51)29(50)42-20-34(2,3)19-41-28(49)22-5-11-26(12-6-22)44-31-45-32(47-33(46-31)53-21-36(38,39)40)48-35(17-18-35)23-7-9-24(37)10-8-23/h5-16H,4,17-21H2,1-3H3,(H,41,49)(H,42,50)(H,43,51)(H2,44,45,46,47,48). The lowest BCUT2D eigenvalue weighted by Gasteiger charge is -2.25. The topological polar surface area (TPSA) is 168 Å². The third kappa shape index (κ3) is 11.4. The van der Waals surface area contributed by atoms with E-state index in [-0.39, 0.29) is 25.0 Å². The minimum absolute atomic E-state index is 0.00944. The van der Waals surface area contributed by atoms with Crippen LogP contribution in [-0.2, 0) is 15.1 Å². The number of nitrogens with zero attached hydrogens (tertiary/aromatic N) is 3. The van der Waals surface area contributed by atoms with Crippen LogP contribution in [0.15, 0.2) is 72.8 Å². The number of hydrogen-bond donors (Lipinski definition) is 5. The van der Waals surface area contributed by atoms with E-state index in [4.69, 9.17) is 21.1 Å². The average molecular weight is 755 g/mol. The van der Waals surface area contributed by atoms with Crippen LogP contribution in [0.4, 0.5) is 36.4 Å². The van der Waals surface area contributed by atoms with Crippen LogP contribution < -0.4 is 36.1 Å². The molecule has 1 aromatic heterocycles. The summed E-state index contributed by atoms with van der Waals surface area (Å²) in [4.78, 5) is 50.1. The molecular weight excluding hydrogens is 717 g/mol. The number of anilines is 4. The number of nitrogens with one attached hydrogen (secondary N) is 5. The molecule has 1 aliphatic rings. The van der Waals surface area contributed by atoms with Gasteiger partial charge < -0.3 is 36.1 Å². The van der Waals surface area contributed by atoms with Gasteiger partial charge in [0, 0.05) is 35.1 Å². The maximum Gasteiger partial charge on any atom is 0.422 e. The molecule has 1 aliphatic carbocycles. The monoisotopic (exact) mass is 754 g/mol. The van der Waals surface area contributed by atoms with Crippen LogP contribution in [0.3, 0.4) is 0 Å². The van der Waals surface area contributed by atoms with Gasteiger partial charge in [-0.05, 0) is 91.4 Å². The van der Waals surface area contributed by atoms with E-state index in [9.17, 15) is 27.6 Å². The van der Waals surface area contributed by atoms with Crippen molar-refractivity contribution < 1.29 is 37.0 Å². The molecule has 4 aromatic rings. The van der Waals surface area contributed by atoms with Gasteiger partial charge in [0.05, 0.1) is 12.1 Å². The largest absolute Gasteiger partial charge is 0.494 e. The van der Waals surface area contributed by atoms with Gasteiger partial charge in [-0.25, -0.2) is 0 Å². The van der Waals surface area contributed by atoms with Crippen molar-refractivity contribution in [1.82, 2.24) is 25.6 Å². The first-order valence-electron chi connectivity index (χ1n) is 16.6. The molecule has 1 fully saturated rings. The van der Waals surface area contributed by atoms with Crippen molar-refractivity contribution in [1.29, 1.82) is 0 Å². The number of halogens is 4. The highest BCUT2D eigenvalue weighted by Crippen LogP contribution is 2.48. The molecule has 1 heterocycles. The minimum Gasteiger partial charge on any atom is -0.494 e. The Kier molecular flexibility index (Phi) is 11.9. The Labute approximate surface area is 308 Å². The Morgan fingerprint density at radius 1 is 0.792 bits per heavy atom. The molecule has 5 N–H and O–H groups in total. The van der Waals surface area contributed by atoms with E-state index >= 15 is 0 Å². The van der Waals surface area contributed by atoms with Crippen LogP contribution in [0.25, 0.3) is 0 Å². The quantitative estimate of drug-likeness (QED) is 0.0879. The Bertz CT molecular complexity index is 1910. The van der Waals surface area contributed by atoms with Gasteiger partial charge in [0.2, 0.25) is 11.9 Å². The zero-order valence-corrected chi connectivity index (χ0v) is 29.8. The predicted octanol–water partition coefficient (Wildman–Crippen LogP) is 6.22. The van der Waals surface area contributed by atoms with Crippen molar-refractivity contribution in [3.05, 3.63) is 88.9 Å². The molecule has 17 heteroatoms. The summed E-state index contributed by atoms with van der Waals surface area (Å²) in [5, 5.41) is 14.6. The van der Waals surface area contributed by atoms with Crippen LogP contribution in [0.5, 0.6) is 11.8 Å². The summed E-state index contributed by atoms with van der Waals surface area (Å²) in [6.45, 7) is 4.67. The fraction of sp³-hybridized carbons (Fsp3) is 0.333. The normalized spacial score (nSPS) is 13.3. The SMILES string of the molecule is CCOc1ccc(NC(=O)C(=O)NCC(C)(C)CNC(=O)c2ccc(Nc3nc(NC4(c5ccc(Cl)cc5)CC4)nc(OCC(F)(F)F)n3)cc2)cc1. The molecule has 0 saturated heterocycles. The van der Waals surface area contributed by atoms with Gasteiger partial charge in [-0.3, -0.25) is 14.4 Å². The molecule has 0 radical (unpaired) electrons. The summed E-state index contributed by atoms with van der Waals surface area (Å²) in [6, 6.07) is 19.5. The van der Waals surface area contributed by atoms with E-state index in [1.54, 1.807) is 60.7 Å². The Morgan fingerprint density at radius 3 is 2.04 bits per heavy atom. The summed E-state index contributed by atoms with van der Waals surface area (Å²) in [5.41, 5.74) is 0.968. The van der Waals surface area contributed by atoms with Crippen LogP contribution >= 0.6 is 11.6 Å². The molecular formula is C36H38ClF3N8O5. The minimum atomic E-state index is -4.61. The lowest BCUT2D eigenvalue weighted by Crippen LogP contribution is -2.44. The van der Waals surface area contributed by atoms with Crippen molar-refractivity contribution in [2.24, 2.45) is 5.41 Å². The van der Waals surface area contributed by atoms with Gasteiger partial charge in [0.15, 0.2) is 6.61 Å². The van der Waals surface area contributed by atoms with Crippen molar-refractivity contribution in [3.8, 4) is 11.8 Å². The maximum absolute atomic E-state index is 12.9. The molecule has 280 valence electrons. The van der Waals surface area contributed by atoms with Crippen molar-refractivity contribution in [2.45, 2.75) is 45.3 Å². The highest BCUT2D eigenvalue weighted by molar-refractivity contribution is 6.39. The number of aromatic nitrogens is 3. The van der Waals surface area contributed by atoms with E-state index < -0.39 is 47.5 Å². The third-order valence-corrected chi connectivity index (χ3v) is 8.22.